The summed E-state index contributed by atoms with van der Waals surface area (Å²) < 4.78 is 0. The van der Waals surface area contributed by atoms with Gasteiger partial charge in [0, 0.05) is 12.4 Å². The molecule has 0 aliphatic rings. The van der Waals surface area contributed by atoms with E-state index in [1.807, 2.05) is 0 Å². The molecule has 4 heteroatoms. The lowest BCUT2D eigenvalue weighted by Gasteiger charge is -1.94. The molecule has 0 bridgehead atoms. The van der Waals surface area contributed by atoms with E-state index in [0.29, 0.717) is 6.54 Å². The van der Waals surface area contributed by atoms with Crippen molar-refractivity contribution >= 4 is 11.6 Å². The molecule has 0 saturated carbocycles. The van der Waals surface area contributed by atoms with Crippen LogP contribution in [-0.2, 0) is 6.42 Å². The van der Waals surface area contributed by atoms with Crippen molar-refractivity contribution in [3.05, 3.63) is 23.2 Å². The van der Waals surface area contributed by atoms with Gasteiger partial charge in [0.1, 0.15) is 0 Å². The number of nitrogens with zero attached hydrogens (tertiary/aromatic N) is 2. The first-order valence-corrected chi connectivity index (χ1v) is 3.37. The molecular formula is C6H8ClN3. The van der Waals surface area contributed by atoms with Gasteiger partial charge in [-0.05, 0) is 30.1 Å². The Kier molecular flexibility index (Phi) is 2.59. The largest absolute Gasteiger partial charge is 0.330 e. The first kappa shape index (κ1) is 7.44. The van der Waals surface area contributed by atoms with Gasteiger partial charge in [0.15, 0.2) is 0 Å². The maximum atomic E-state index is 5.46. The van der Waals surface area contributed by atoms with E-state index in [2.05, 4.69) is 9.97 Å². The molecule has 0 unspecified atom stereocenters. The van der Waals surface area contributed by atoms with E-state index in [-0.39, 0.29) is 5.28 Å². The fourth-order valence-corrected chi connectivity index (χ4v) is 0.732. The van der Waals surface area contributed by atoms with Crippen molar-refractivity contribution in [3.63, 3.8) is 0 Å². The number of rotatable bonds is 2. The minimum atomic E-state index is 0.278. The van der Waals surface area contributed by atoms with Gasteiger partial charge in [-0.3, -0.25) is 0 Å². The van der Waals surface area contributed by atoms with Crippen LogP contribution < -0.4 is 5.73 Å². The number of hydrogen-bond acceptors (Lipinski definition) is 3. The zero-order valence-corrected chi connectivity index (χ0v) is 6.17. The Balaban J connectivity index is 2.69. The van der Waals surface area contributed by atoms with Crippen LogP contribution in [0.25, 0.3) is 0 Å². The average Bonchev–Trinajstić information content (AvgIpc) is 1.95. The van der Waals surface area contributed by atoms with E-state index >= 15 is 0 Å². The summed E-state index contributed by atoms with van der Waals surface area (Å²) in [7, 11) is 0. The monoisotopic (exact) mass is 157 g/mol. The van der Waals surface area contributed by atoms with Gasteiger partial charge in [-0.2, -0.15) is 0 Å². The molecular weight excluding hydrogens is 150 g/mol. The average molecular weight is 158 g/mol. The third-order valence-corrected chi connectivity index (χ3v) is 1.30. The Morgan fingerprint density at radius 3 is 2.50 bits per heavy atom. The summed E-state index contributed by atoms with van der Waals surface area (Å²) in [5, 5.41) is 0.278. The van der Waals surface area contributed by atoms with Gasteiger partial charge in [0.2, 0.25) is 5.28 Å². The standard InChI is InChI=1S/C6H8ClN3/c7-6-9-3-5(1-2-8)4-10-6/h3-4H,1-2,8H2. The van der Waals surface area contributed by atoms with E-state index in [1.165, 1.54) is 0 Å². The van der Waals surface area contributed by atoms with Crippen LogP contribution in [0.1, 0.15) is 5.56 Å². The molecule has 0 aliphatic heterocycles. The summed E-state index contributed by atoms with van der Waals surface area (Å²) >= 11 is 5.46. The lowest BCUT2D eigenvalue weighted by molar-refractivity contribution is 0.941. The van der Waals surface area contributed by atoms with Gasteiger partial charge in [-0.25, -0.2) is 9.97 Å². The zero-order valence-electron chi connectivity index (χ0n) is 5.42. The van der Waals surface area contributed by atoms with Crippen LogP contribution in [0.4, 0.5) is 0 Å². The molecule has 0 amide bonds. The summed E-state index contributed by atoms with van der Waals surface area (Å²) in [5.41, 5.74) is 6.33. The summed E-state index contributed by atoms with van der Waals surface area (Å²) in [6, 6.07) is 0. The number of aromatic nitrogens is 2. The van der Waals surface area contributed by atoms with Crippen LogP contribution in [0.15, 0.2) is 12.4 Å². The van der Waals surface area contributed by atoms with Gasteiger partial charge in [0.25, 0.3) is 0 Å². The van der Waals surface area contributed by atoms with E-state index in [1.54, 1.807) is 12.4 Å². The van der Waals surface area contributed by atoms with Crippen LogP contribution >= 0.6 is 11.6 Å². The van der Waals surface area contributed by atoms with Crippen LogP contribution in [0.2, 0.25) is 5.28 Å². The third kappa shape index (κ3) is 1.93. The molecule has 0 aliphatic carbocycles. The molecule has 1 rings (SSSR count). The lowest BCUT2D eigenvalue weighted by Crippen LogP contribution is -2.03. The van der Waals surface area contributed by atoms with Crippen molar-refractivity contribution < 1.29 is 0 Å². The normalized spacial score (nSPS) is 9.80. The van der Waals surface area contributed by atoms with E-state index < -0.39 is 0 Å². The predicted octanol–water partition coefficient (Wildman–Crippen LogP) is 0.631. The second-order valence-electron chi connectivity index (χ2n) is 1.90. The Bertz CT molecular complexity index is 197. The Morgan fingerprint density at radius 1 is 1.40 bits per heavy atom. The first-order valence-electron chi connectivity index (χ1n) is 2.99. The quantitative estimate of drug-likeness (QED) is 0.641. The van der Waals surface area contributed by atoms with Crippen LogP contribution in [0.5, 0.6) is 0 Å². The molecule has 0 saturated heterocycles. The molecule has 1 aromatic rings. The Hall–Kier alpha value is -0.670. The molecule has 0 aromatic carbocycles. The minimum absolute atomic E-state index is 0.278. The molecule has 0 atom stereocenters. The highest BCUT2D eigenvalue weighted by molar-refractivity contribution is 6.28. The Labute approximate surface area is 64.2 Å². The van der Waals surface area contributed by atoms with Crippen LogP contribution in [0, 0.1) is 0 Å². The maximum absolute atomic E-state index is 5.46. The SMILES string of the molecule is NCCc1cnc(Cl)nc1. The fourth-order valence-electron chi connectivity index (χ4n) is 0.635. The molecule has 0 fully saturated rings. The van der Waals surface area contributed by atoms with Gasteiger partial charge in [0.05, 0.1) is 0 Å². The van der Waals surface area contributed by atoms with Gasteiger partial charge >= 0.3 is 0 Å². The highest BCUT2D eigenvalue weighted by Crippen LogP contribution is 1.99. The lowest BCUT2D eigenvalue weighted by atomic mass is 10.2. The van der Waals surface area contributed by atoms with Crippen molar-refractivity contribution in [1.29, 1.82) is 0 Å². The van der Waals surface area contributed by atoms with Crippen LogP contribution in [-0.4, -0.2) is 16.5 Å². The van der Waals surface area contributed by atoms with E-state index in [4.69, 9.17) is 17.3 Å². The third-order valence-electron chi connectivity index (χ3n) is 1.11. The van der Waals surface area contributed by atoms with Crippen molar-refractivity contribution in [2.45, 2.75) is 6.42 Å². The Morgan fingerprint density at radius 2 is 2.00 bits per heavy atom. The zero-order chi connectivity index (χ0) is 7.40. The number of hydrogen-bond donors (Lipinski definition) is 1. The molecule has 10 heavy (non-hydrogen) atoms. The highest BCUT2D eigenvalue weighted by atomic mass is 35.5. The highest BCUT2D eigenvalue weighted by Gasteiger charge is 1.91. The molecule has 0 spiro atoms. The van der Waals surface area contributed by atoms with Gasteiger partial charge < -0.3 is 5.73 Å². The smallest absolute Gasteiger partial charge is 0.222 e. The summed E-state index contributed by atoms with van der Waals surface area (Å²) in [5.74, 6) is 0. The molecule has 1 aromatic heterocycles. The molecule has 1 heterocycles. The van der Waals surface area contributed by atoms with Gasteiger partial charge in [-0.1, -0.05) is 0 Å². The maximum Gasteiger partial charge on any atom is 0.222 e. The summed E-state index contributed by atoms with van der Waals surface area (Å²) in [6.45, 7) is 0.616. The van der Waals surface area contributed by atoms with E-state index in [0.717, 1.165) is 12.0 Å². The topological polar surface area (TPSA) is 51.8 Å². The van der Waals surface area contributed by atoms with Crippen molar-refractivity contribution in [1.82, 2.24) is 9.97 Å². The number of halogens is 1. The second-order valence-corrected chi connectivity index (χ2v) is 2.24. The molecule has 2 N–H and O–H groups in total. The number of nitrogens with two attached hydrogens (primary N) is 1. The molecule has 3 nitrogen and oxygen atoms in total. The van der Waals surface area contributed by atoms with Gasteiger partial charge in [-0.15, -0.1) is 0 Å². The summed E-state index contributed by atoms with van der Waals surface area (Å²) in [6.07, 6.45) is 4.17. The van der Waals surface area contributed by atoms with Crippen molar-refractivity contribution in [3.8, 4) is 0 Å². The van der Waals surface area contributed by atoms with Crippen LogP contribution in [0.3, 0.4) is 0 Å². The first-order chi connectivity index (χ1) is 4.83. The van der Waals surface area contributed by atoms with Crippen molar-refractivity contribution in [2.24, 2.45) is 5.73 Å². The van der Waals surface area contributed by atoms with E-state index in [9.17, 15) is 0 Å². The van der Waals surface area contributed by atoms with Crippen molar-refractivity contribution in [2.75, 3.05) is 6.54 Å². The second kappa shape index (κ2) is 3.49. The predicted molar refractivity (Wildman–Crippen MR) is 39.8 cm³/mol. The summed E-state index contributed by atoms with van der Waals surface area (Å²) in [4.78, 5) is 7.59. The fraction of sp³-hybridized carbons (Fsp3) is 0.333. The molecule has 54 valence electrons. The minimum Gasteiger partial charge on any atom is -0.330 e. The molecule has 0 radical (unpaired) electrons.